The van der Waals surface area contributed by atoms with Gasteiger partial charge in [-0.2, -0.15) is 0 Å². The van der Waals surface area contributed by atoms with Gasteiger partial charge in [0.2, 0.25) is 0 Å². The molecule has 0 aliphatic heterocycles. The molecular formula is C10H18N2O. The second-order valence-corrected chi connectivity index (χ2v) is 3.27. The number of aryl methyl sites for hydroxylation is 1. The number of nitrogens with two attached hydrogens (primary N) is 1. The van der Waals surface area contributed by atoms with Gasteiger partial charge in [0.15, 0.2) is 0 Å². The van der Waals surface area contributed by atoms with E-state index in [1.807, 2.05) is 19.1 Å². The normalized spacial score (nSPS) is 13.6. The smallest absolute Gasteiger partial charge is 0.122 e. The average molecular weight is 182 g/mol. The summed E-state index contributed by atoms with van der Waals surface area (Å²) in [6, 6.07) is 4.18. The topological polar surface area (TPSA) is 42.4 Å². The van der Waals surface area contributed by atoms with Crippen LogP contribution in [0.5, 0.6) is 0 Å². The van der Waals surface area contributed by atoms with Crippen molar-refractivity contribution in [2.75, 3.05) is 20.1 Å². The van der Waals surface area contributed by atoms with Gasteiger partial charge in [-0.15, -0.1) is 0 Å². The van der Waals surface area contributed by atoms with E-state index in [1.54, 1.807) is 0 Å². The van der Waals surface area contributed by atoms with Crippen LogP contribution in [0.4, 0.5) is 0 Å². The molecule has 3 nitrogen and oxygen atoms in total. The molecule has 0 aliphatic rings. The molecule has 1 heterocycles. The van der Waals surface area contributed by atoms with Gasteiger partial charge >= 0.3 is 0 Å². The molecule has 0 fully saturated rings. The third-order valence-electron chi connectivity index (χ3n) is 2.34. The molecule has 0 aliphatic carbocycles. The van der Waals surface area contributed by atoms with Crippen molar-refractivity contribution < 1.29 is 4.42 Å². The van der Waals surface area contributed by atoms with Crippen LogP contribution in [0.3, 0.4) is 0 Å². The standard InChI is InChI=1S/C10H18N2O/c1-4-12(3)9(7-11)10-6-5-8(2)13-10/h5-6,9H,4,7,11H2,1-3H3. The van der Waals surface area contributed by atoms with Gasteiger partial charge in [0, 0.05) is 6.54 Å². The molecular weight excluding hydrogens is 164 g/mol. The van der Waals surface area contributed by atoms with E-state index in [2.05, 4.69) is 18.9 Å². The van der Waals surface area contributed by atoms with E-state index in [4.69, 9.17) is 10.2 Å². The van der Waals surface area contributed by atoms with Gasteiger partial charge in [-0.1, -0.05) is 6.92 Å². The zero-order valence-electron chi connectivity index (χ0n) is 8.58. The first-order valence-electron chi connectivity index (χ1n) is 4.65. The number of rotatable bonds is 4. The summed E-state index contributed by atoms with van der Waals surface area (Å²) in [4.78, 5) is 2.18. The fourth-order valence-corrected chi connectivity index (χ4v) is 1.37. The van der Waals surface area contributed by atoms with Crippen molar-refractivity contribution in [3.05, 3.63) is 23.7 Å². The van der Waals surface area contributed by atoms with E-state index < -0.39 is 0 Å². The second-order valence-electron chi connectivity index (χ2n) is 3.27. The summed E-state index contributed by atoms with van der Waals surface area (Å²) >= 11 is 0. The lowest BCUT2D eigenvalue weighted by Gasteiger charge is -2.23. The Kier molecular flexibility index (Phi) is 3.51. The first-order chi connectivity index (χ1) is 6.19. The fraction of sp³-hybridized carbons (Fsp3) is 0.600. The number of nitrogens with zero attached hydrogens (tertiary/aromatic N) is 1. The molecule has 2 N–H and O–H groups in total. The Morgan fingerprint density at radius 3 is 2.62 bits per heavy atom. The fourth-order valence-electron chi connectivity index (χ4n) is 1.37. The zero-order chi connectivity index (χ0) is 9.84. The highest BCUT2D eigenvalue weighted by Gasteiger charge is 2.16. The Bertz CT molecular complexity index is 257. The van der Waals surface area contributed by atoms with Crippen LogP contribution >= 0.6 is 0 Å². The van der Waals surface area contributed by atoms with Crippen LogP contribution in [-0.2, 0) is 0 Å². The van der Waals surface area contributed by atoms with Crippen molar-refractivity contribution in [1.82, 2.24) is 4.90 Å². The monoisotopic (exact) mass is 182 g/mol. The van der Waals surface area contributed by atoms with Gasteiger partial charge in [-0.3, -0.25) is 4.90 Å². The predicted octanol–water partition coefficient (Wildman–Crippen LogP) is 1.54. The largest absolute Gasteiger partial charge is 0.465 e. The van der Waals surface area contributed by atoms with Crippen LogP contribution in [0.15, 0.2) is 16.5 Å². The Morgan fingerprint density at radius 2 is 2.23 bits per heavy atom. The molecule has 1 aromatic heterocycles. The summed E-state index contributed by atoms with van der Waals surface area (Å²) < 4.78 is 5.54. The highest BCUT2D eigenvalue weighted by Crippen LogP contribution is 2.19. The Hall–Kier alpha value is -0.800. The summed E-state index contributed by atoms with van der Waals surface area (Å²) in [6.45, 7) is 5.63. The molecule has 1 aromatic rings. The predicted molar refractivity (Wildman–Crippen MR) is 53.5 cm³/mol. The first kappa shape index (κ1) is 10.3. The number of hydrogen-bond acceptors (Lipinski definition) is 3. The van der Waals surface area contributed by atoms with E-state index in [-0.39, 0.29) is 6.04 Å². The molecule has 0 saturated heterocycles. The highest BCUT2D eigenvalue weighted by atomic mass is 16.3. The quantitative estimate of drug-likeness (QED) is 0.768. The molecule has 1 unspecified atom stereocenters. The Labute approximate surface area is 79.5 Å². The van der Waals surface area contributed by atoms with Crippen molar-refractivity contribution in [3.63, 3.8) is 0 Å². The maximum atomic E-state index is 5.69. The average Bonchev–Trinajstić information content (AvgIpc) is 2.53. The number of likely N-dealkylation sites (N-methyl/N-ethyl adjacent to an activating group) is 1. The van der Waals surface area contributed by atoms with E-state index in [0.29, 0.717) is 6.54 Å². The molecule has 0 amide bonds. The Morgan fingerprint density at radius 1 is 1.54 bits per heavy atom. The minimum atomic E-state index is 0.207. The summed E-state index contributed by atoms with van der Waals surface area (Å²) in [5.41, 5.74) is 5.69. The molecule has 0 radical (unpaired) electrons. The number of hydrogen-bond donors (Lipinski definition) is 1. The van der Waals surface area contributed by atoms with Gasteiger partial charge in [0.1, 0.15) is 11.5 Å². The molecule has 0 bridgehead atoms. The van der Waals surface area contributed by atoms with Crippen LogP contribution in [-0.4, -0.2) is 25.0 Å². The molecule has 0 spiro atoms. The summed E-state index contributed by atoms with van der Waals surface area (Å²) in [7, 11) is 2.05. The van der Waals surface area contributed by atoms with Crippen molar-refractivity contribution >= 4 is 0 Å². The lowest BCUT2D eigenvalue weighted by atomic mass is 10.2. The van der Waals surface area contributed by atoms with E-state index in [0.717, 1.165) is 18.1 Å². The third-order valence-corrected chi connectivity index (χ3v) is 2.34. The maximum absolute atomic E-state index is 5.69. The van der Waals surface area contributed by atoms with Crippen molar-refractivity contribution in [2.24, 2.45) is 5.73 Å². The zero-order valence-corrected chi connectivity index (χ0v) is 8.58. The van der Waals surface area contributed by atoms with E-state index in [9.17, 15) is 0 Å². The van der Waals surface area contributed by atoms with Gasteiger partial charge < -0.3 is 10.2 Å². The second kappa shape index (κ2) is 4.44. The van der Waals surface area contributed by atoms with Gasteiger partial charge in [-0.05, 0) is 32.6 Å². The van der Waals surface area contributed by atoms with Gasteiger partial charge in [0.05, 0.1) is 6.04 Å². The van der Waals surface area contributed by atoms with Crippen molar-refractivity contribution in [1.29, 1.82) is 0 Å². The SMILES string of the molecule is CCN(C)C(CN)c1ccc(C)o1. The molecule has 1 rings (SSSR count). The first-order valence-corrected chi connectivity index (χ1v) is 4.65. The van der Waals surface area contributed by atoms with E-state index >= 15 is 0 Å². The molecule has 1 atom stereocenters. The highest BCUT2D eigenvalue weighted by molar-refractivity contribution is 5.10. The van der Waals surface area contributed by atoms with Crippen LogP contribution in [0.25, 0.3) is 0 Å². The van der Waals surface area contributed by atoms with Crippen LogP contribution < -0.4 is 5.73 Å². The van der Waals surface area contributed by atoms with Gasteiger partial charge in [0.25, 0.3) is 0 Å². The molecule has 3 heteroatoms. The summed E-state index contributed by atoms with van der Waals surface area (Å²) in [5, 5.41) is 0. The third kappa shape index (κ3) is 2.32. The van der Waals surface area contributed by atoms with E-state index in [1.165, 1.54) is 0 Å². The van der Waals surface area contributed by atoms with Crippen LogP contribution in [0.1, 0.15) is 24.5 Å². The number of furan rings is 1. The molecule has 0 saturated carbocycles. The molecule has 13 heavy (non-hydrogen) atoms. The lowest BCUT2D eigenvalue weighted by molar-refractivity contribution is 0.229. The van der Waals surface area contributed by atoms with Crippen molar-refractivity contribution in [3.8, 4) is 0 Å². The Balaban J connectivity index is 2.77. The van der Waals surface area contributed by atoms with Crippen molar-refractivity contribution in [2.45, 2.75) is 19.9 Å². The van der Waals surface area contributed by atoms with Gasteiger partial charge in [-0.25, -0.2) is 0 Å². The molecule has 74 valence electrons. The maximum Gasteiger partial charge on any atom is 0.122 e. The summed E-state index contributed by atoms with van der Waals surface area (Å²) in [5.74, 6) is 1.90. The molecule has 0 aromatic carbocycles. The minimum Gasteiger partial charge on any atom is -0.465 e. The minimum absolute atomic E-state index is 0.207. The lowest BCUT2D eigenvalue weighted by Crippen LogP contribution is -2.29. The summed E-state index contributed by atoms with van der Waals surface area (Å²) in [6.07, 6.45) is 0. The van der Waals surface area contributed by atoms with Crippen LogP contribution in [0.2, 0.25) is 0 Å². The van der Waals surface area contributed by atoms with Crippen LogP contribution in [0, 0.1) is 6.92 Å².